The molecule has 0 aliphatic carbocycles. The molecular formula is C10H10N2O3. The second-order valence-corrected chi connectivity index (χ2v) is 3.07. The standard InChI is InChI=1S/C10H10N2O3/c13-9(14)2-1-7-5-8-10(12-6-7)15-4-3-11-8/h1-2,5-6,11H,3-4H2,(H,13,14). The smallest absolute Gasteiger partial charge is 0.328 e. The second kappa shape index (κ2) is 4.00. The van der Waals surface area contributed by atoms with Gasteiger partial charge in [0.15, 0.2) is 0 Å². The van der Waals surface area contributed by atoms with Crippen LogP contribution in [0.5, 0.6) is 5.88 Å². The van der Waals surface area contributed by atoms with E-state index in [0.29, 0.717) is 12.5 Å². The summed E-state index contributed by atoms with van der Waals surface area (Å²) >= 11 is 0. The van der Waals surface area contributed by atoms with Gasteiger partial charge in [0, 0.05) is 18.8 Å². The molecule has 2 heterocycles. The van der Waals surface area contributed by atoms with Crippen molar-refractivity contribution >= 4 is 17.7 Å². The Bertz CT molecular complexity index is 415. The number of nitrogens with zero attached hydrogens (tertiary/aromatic N) is 1. The quantitative estimate of drug-likeness (QED) is 0.706. The molecule has 1 aromatic rings. The third kappa shape index (κ3) is 2.25. The Morgan fingerprint density at radius 3 is 3.33 bits per heavy atom. The van der Waals surface area contributed by atoms with Gasteiger partial charge in [-0.1, -0.05) is 0 Å². The van der Waals surface area contributed by atoms with Crippen LogP contribution in [-0.2, 0) is 4.79 Å². The minimum absolute atomic E-state index is 0.564. The Labute approximate surface area is 86.4 Å². The largest absolute Gasteiger partial charge is 0.478 e. The van der Waals surface area contributed by atoms with E-state index in [0.717, 1.165) is 23.9 Å². The van der Waals surface area contributed by atoms with Crippen LogP contribution in [0.25, 0.3) is 6.08 Å². The Morgan fingerprint density at radius 1 is 1.67 bits per heavy atom. The number of aromatic nitrogens is 1. The molecule has 0 bridgehead atoms. The first-order valence-electron chi connectivity index (χ1n) is 4.53. The molecule has 0 radical (unpaired) electrons. The van der Waals surface area contributed by atoms with E-state index in [2.05, 4.69) is 10.3 Å². The average Bonchev–Trinajstić information content (AvgIpc) is 2.26. The lowest BCUT2D eigenvalue weighted by Crippen LogP contribution is -2.18. The molecule has 0 atom stereocenters. The minimum atomic E-state index is -0.975. The van der Waals surface area contributed by atoms with Crippen LogP contribution in [0.4, 0.5) is 5.69 Å². The zero-order chi connectivity index (χ0) is 10.7. The summed E-state index contributed by atoms with van der Waals surface area (Å²) in [7, 11) is 0. The first-order chi connectivity index (χ1) is 7.25. The lowest BCUT2D eigenvalue weighted by atomic mass is 10.2. The molecule has 1 aromatic heterocycles. The van der Waals surface area contributed by atoms with Crippen molar-refractivity contribution in [3.8, 4) is 5.88 Å². The fourth-order valence-electron chi connectivity index (χ4n) is 1.30. The molecule has 0 saturated carbocycles. The van der Waals surface area contributed by atoms with E-state index in [4.69, 9.17) is 9.84 Å². The van der Waals surface area contributed by atoms with Crippen molar-refractivity contribution in [2.45, 2.75) is 0 Å². The molecular weight excluding hydrogens is 196 g/mol. The van der Waals surface area contributed by atoms with Gasteiger partial charge in [-0.05, 0) is 17.7 Å². The van der Waals surface area contributed by atoms with Crippen molar-refractivity contribution in [2.75, 3.05) is 18.5 Å². The Kier molecular flexibility index (Phi) is 2.53. The van der Waals surface area contributed by atoms with Gasteiger partial charge in [-0.25, -0.2) is 9.78 Å². The number of rotatable bonds is 2. The highest BCUT2D eigenvalue weighted by Gasteiger charge is 2.10. The molecule has 0 spiro atoms. The molecule has 5 heteroatoms. The Balaban J connectivity index is 2.24. The maximum atomic E-state index is 10.3. The van der Waals surface area contributed by atoms with E-state index in [9.17, 15) is 4.79 Å². The predicted octanol–water partition coefficient (Wildman–Crippen LogP) is 0.984. The van der Waals surface area contributed by atoms with Gasteiger partial charge < -0.3 is 15.2 Å². The maximum absolute atomic E-state index is 10.3. The number of carbonyl (C=O) groups is 1. The monoisotopic (exact) mass is 206 g/mol. The molecule has 5 nitrogen and oxygen atoms in total. The molecule has 15 heavy (non-hydrogen) atoms. The summed E-state index contributed by atoms with van der Waals surface area (Å²) < 4.78 is 5.29. The van der Waals surface area contributed by atoms with Crippen LogP contribution in [0, 0.1) is 0 Å². The number of fused-ring (bicyclic) bond motifs is 1. The summed E-state index contributed by atoms with van der Waals surface area (Å²) in [5.41, 5.74) is 1.53. The van der Waals surface area contributed by atoms with Crippen LogP contribution in [0.3, 0.4) is 0 Å². The number of hydrogen-bond acceptors (Lipinski definition) is 4. The lowest BCUT2D eigenvalue weighted by Gasteiger charge is -2.17. The first kappa shape index (κ1) is 9.51. The fourth-order valence-corrected chi connectivity index (χ4v) is 1.30. The number of carboxylic acid groups (broad SMARTS) is 1. The van der Waals surface area contributed by atoms with Crippen molar-refractivity contribution in [1.82, 2.24) is 4.98 Å². The number of aliphatic carboxylic acids is 1. The molecule has 0 saturated heterocycles. The maximum Gasteiger partial charge on any atom is 0.328 e. The molecule has 1 aliphatic rings. The zero-order valence-corrected chi connectivity index (χ0v) is 7.93. The number of nitrogens with one attached hydrogen (secondary N) is 1. The van der Waals surface area contributed by atoms with E-state index in [1.807, 2.05) is 0 Å². The Morgan fingerprint density at radius 2 is 2.53 bits per heavy atom. The van der Waals surface area contributed by atoms with Crippen molar-refractivity contribution < 1.29 is 14.6 Å². The third-order valence-corrected chi connectivity index (χ3v) is 1.95. The molecule has 78 valence electrons. The molecule has 0 fully saturated rings. The normalized spacial score (nSPS) is 14.1. The summed E-state index contributed by atoms with van der Waals surface area (Å²) in [6.45, 7) is 1.34. The summed E-state index contributed by atoms with van der Waals surface area (Å²) in [4.78, 5) is 14.4. The summed E-state index contributed by atoms with van der Waals surface area (Å²) in [5.74, 6) is -0.411. The van der Waals surface area contributed by atoms with Crippen molar-refractivity contribution in [3.63, 3.8) is 0 Å². The van der Waals surface area contributed by atoms with Gasteiger partial charge >= 0.3 is 5.97 Å². The van der Waals surface area contributed by atoms with Gasteiger partial charge in [0.25, 0.3) is 0 Å². The predicted molar refractivity (Wildman–Crippen MR) is 54.9 cm³/mol. The topological polar surface area (TPSA) is 71.5 Å². The van der Waals surface area contributed by atoms with Crippen molar-refractivity contribution in [1.29, 1.82) is 0 Å². The van der Waals surface area contributed by atoms with E-state index in [1.165, 1.54) is 6.08 Å². The first-order valence-corrected chi connectivity index (χ1v) is 4.53. The SMILES string of the molecule is O=C(O)C=Cc1cnc2c(c1)NCCO2. The summed E-state index contributed by atoms with van der Waals surface area (Å²) in [5, 5.41) is 11.6. The number of hydrogen-bond donors (Lipinski definition) is 2. The number of carboxylic acids is 1. The molecule has 2 N–H and O–H groups in total. The second-order valence-electron chi connectivity index (χ2n) is 3.07. The molecule has 2 rings (SSSR count). The molecule has 1 aliphatic heterocycles. The molecule has 0 aromatic carbocycles. The highest BCUT2D eigenvalue weighted by Crippen LogP contribution is 2.25. The molecule has 0 unspecified atom stereocenters. The van der Waals surface area contributed by atoms with E-state index < -0.39 is 5.97 Å². The van der Waals surface area contributed by atoms with Gasteiger partial charge in [0.1, 0.15) is 6.61 Å². The number of pyridine rings is 1. The minimum Gasteiger partial charge on any atom is -0.478 e. The van der Waals surface area contributed by atoms with Crippen LogP contribution < -0.4 is 10.1 Å². The van der Waals surface area contributed by atoms with Gasteiger partial charge in [-0.2, -0.15) is 0 Å². The average molecular weight is 206 g/mol. The van der Waals surface area contributed by atoms with E-state index >= 15 is 0 Å². The van der Waals surface area contributed by atoms with Crippen molar-refractivity contribution in [2.24, 2.45) is 0 Å². The van der Waals surface area contributed by atoms with Gasteiger partial charge in [-0.15, -0.1) is 0 Å². The number of anilines is 1. The summed E-state index contributed by atoms with van der Waals surface area (Å²) in [6, 6.07) is 1.81. The van der Waals surface area contributed by atoms with Crippen LogP contribution in [0.2, 0.25) is 0 Å². The van der Waals surface area contributed by atoms with Crippen LogP contribution >= 0.6 is 0 Å². The van der Waals surface area contributed by atoms with Gasteiger partial charge in [-0.3, -0.25) is 0 Å². The van der Waals surface area contributed by atoms with E-state index in [1.54, 1.807) is 12.3 Å². The number of ether oxygens (including phenoxy) is 1. The van der Waals surface area contributed by atoms with Crippen molar-refractivity contribution in [3.05, 3.63) is 23.9 Å². The zero-order valence-electron chi connectivity index (χ0n) is 7.93. The van der Waals surface area contributed by atoms with E-state index in [-0.39, 0.29) is 0 Å². The van der Waals surface area contributed by atoms with Crippen LogP contribution in [0.1, 0.15) is 5.56 Å². The van der Waals surface area contributed by atoms with Gasteiger partial charge in [0.2, 0.25) is 5.88 Å². The van der Waals surface area contributed by atoms with Crippen LogP contribution in [-0.4, -0.2) is 29.2 Å². The fraction of sp³-hybridized carbons (Fsp3) is 0.200. The highest BCUT2D eigenvalue weighted by atomic mass is 16.5. The molecule has 0 amide bonds. The van der Waals surface area contributed by atoms with Gasteiger partial charge in [0.05, 0.1) is 5.69 Å². The highest BCUT2D eigenvalue weighted by molar-refractivity contribution is 5.85. The van der Waals surface area contributed by atoms with Crippen LogP contribution in [0.15, 0.2) is 18.3 Å². The lowest BCUT2D eigenvalue weighted by molar-refractivity contribution is -0.131. The Hall–Kier alpha value is -2.04. The third-order valence-electron chi connectivity index (χ3n) is 1.95. The summed E-state index contributed by atoms with van der Waals surface area (Å²) in [6.07, 6.45) is 4.14.